The van der Waals surface area contributed by atoms with E-state index in [-0.39, 0.29) is 17.7 Å². The van der Waals surface area contributed by atoms with Crippen molar-refractivity contribution in [1.29, 1.82) is 0 Å². The van der Waals surface area contributed by atoms with E-state index in [0.29, 0.717) is 23.7 Å². The number of benzene rings is 1. The van der Waals surface area contributed by atoms with Crippen LogP contribution in [-0.4, -0.2) is 42.6 Å². The average Bonchev–Trinajstić information content (AvgIpc) is 2.61. The molecule has 29 heavy (non-hydrogen) atoms. The Bertz CT molecular complexity index is 716. The lowest BCUT2D eigenvalue weighted by molar-refractivity contribution is -0.124. The Morgan fingerprint density at radius 1 is 1.03 bits per heavy atom. The molecule has 0 fully saturated rings. The van der Waals surface area contributed by atoms with E-state index >= 15 is 0 Å². The molecular formula is C21H32ClN3O4. The van der Waals surface area contributed by atoms with Crippen molar-refractivity contribution in [2.24, 2.45) is 11.8 Å². The molecule has 0 aliphatic carbocycles. The summed E-state index contributed by atoms with van der Waals surface area (Å²) in [5, 5.41) is 8.58. The highest BCUT2D eigenvalue weighted by Crippen LogP contribution is 2.15. The average molecular weight is 426 g/mol. The molecule has 7 nitrogen and oxygen atoms in total. The molecule has 162 valence electrons. The molecule has 1 aromatic rings. The molecule has 0 spiro atoms. The van der Waals surface area contributed by atoms with Gasteiger partial charge in [0.1, 0.15) is 11.6 Å². The van der Waals surface area contributed by atoms with Gasteiger partial charge in [0, 0.05) is 13.1 Å². The minimum Gasteiger partial charge on any atom is -0.444 e. The van der Waals surface area contributed by atoms with Gasteiger partial charge in [-0.25, -0.2) is 4.79 Å². The van der Waals surface area contributed by atoms with Crippen LogP contribution in [0.5, 0.6) is 0 Å². The van der Waals surface area contributed by atoms with E-state index in [1.165, 1.54) is 0 Å². The maximum Gasteiger partial charge on any atom is 0.407 e. The molecule has 0 aromatic heterocycles. The summed E-state index contributed by atoms with van der Waals surface area (Å²) in [6, 6.07) is 5.98. The zero-order chi connectivity index (χ0) is 22.2. The second kappa shape index (κ2) is 11.0. The Morgan fingerprint density at radius 2 is 1.62 bits per heavy atom. The summed E-state index contributed by atoms with van der Waals surface area (Å²) in [6.45, 7) is 11.7. The number of amides is 3. The molecule has 0 radical (unpaired) electrons. The summed E-state index contributed by atoms with van der Waals surface area (Å²) in [6.07, 6.45) is -0.497. The van der Waals surface area contributed by atoms with Gasteiger partial charge in [-0.05, 0) is 44.7 Å². The standard InChI is InChI=1S/C21H32ClN3O4/c1-13(2)17(25-18(26)15-9-7-8-10-16(15)22)19(27)23-11-14(3)12-24-20(28)29-21(4,5)6/h7-10,13-14,17H,11-12H2,1-6H3,(H,23,27)(H,24,28)(H,25,26). The summed E-state index contributed by atoms with van der Waals surface area (Å²) in [7, 11) is 0. The molecule has 0 saturated heterocycles. The van der Waals surface area contributed by atoms with Crippen LogP contribution >= 0.6 is 11.6 Å². The summed E-state index contributed by atoms with van der Waals surface area (Å²) < 4.78 is 5.18. The summed E-state index contributed by atoms with van der Waals surface area (Å²) in [4.78, 5) is 36.8. The smallest absolute Gasteiger partial charge is 0.407 e. The van der Waals surface area contributed by atoms with Gasteiger partial charge in [0.15, 0.2) is 0 Å². The van der Waals surface area contributed by atoms with Crippen LogP contribution in [0.25, 0.3) is 0 Å². The molecule has 2 unspecified atom stereocenters. The molecule has 0 aliphatic heterocycles. The van der Waals surface area contributed by atoms with E-state index in [0.717, 1.165) is 0 Å². The van der Waals surface area contributed by atoms with Gasteiger partial charge in [-0.1, -0.05) is 44.5 Å². The molecule has 0 aliphatic rings. The first-order valence-corrected chi connectivity index (χ1v) is 10.1. The first-order chi connectivity index (χ1) is 13.4. The van der Waals surface area contributed by atoms with Crippen molar-refractivity contribution in [1.82, 2.24) is 16.0 Å². The van der Waals surface area contributed by atoms with Crippen molar-refractivity contribution in [2.75, 3.05) is 13.1 Å². The van der Waals surface area contributed by atoms with Gasteiger partial charge in [0.05, 0.1) is 10.6 Å². The van der Waals surface area contributed by atoms with Gasteiger partial charge in [-0.15, -0.1) is 0 Å². The molecule has 3 amide bonds. The van der Waals surface area contributed by atoms with Gasteiger partial charge in [0.25, 0.3) is 5.91 Å². The van der Waals surface area contributed by atoms with Gasteiger partial charge < -0.3 is 20.7 Å². The van der Waals surface area contributed by atoms with E-state index in [4.69, 9.17) is 16.3 Å². The number of nitrogens with one attached hydrogen (secondary N) is 3. The maximum absolute atomic E-state index is 12.6. The zero-order valence-electron chi connectivity index (χ0n) is 18.0. The third-order valence-electron chi connectivity index (χ3n) is 3.97. The topological polar surface area (TPSA) is 96.5 Å². The minimum atomic E-state index is -0.704. The van der Waals surface area contributed by atoms with Gasteiger partial charge in [-0.3, -0.25) is 9.59 Å². The third-order valence-corrected chi connectivity index (χ3v) is 4.30. The number of hydrogen-bond acceptors (Lipinski definition) is 4. The molecule has 0 bridgehead atoms. The Morgan fingerprint density at radius 3 is 2.17 bits per heavy atom. The summed E-state index contributed by atoms with van der Waals surface area (Å²) in [5.74, 6) is -0.816. The molecular weight excluding hydrogens is 394 g/mol. The quantitative estimate of drug-likeness (QED) is 0.594. The molecule has 1 aromatic carbocycles. The lowest BCUT2D eigenvalue weighted by Gasteiger charge is -2.23. The van der Waals surface area contributed by atoms with Crippen molar-refractivity contribution in [3.63, 3.8) is 0 Å². The Kier molecular flexibility index (Phi) is 9.43. The fourth-order valence-electron chi connectivity index (χ4n) is 2.43. The minimum absolute atomic E-state index is 0.0152. The van der Waals surface area contributed by atoms with E-state index < -0.39 is 23.6 Å². The molecule has 8 heteroatoms. The largest absolute Gasteiger partial charge is 0.444 e. The van der Waals surface area contributed by atoms with Crippen molar-refractivity contribution >= 4 is 29.5 Å². The van der Waals surface area contributed by atoms with E-state index in [1.807, 2.05) is 20.8 Å². The van der Waals surface area contributed by atoms with Crippen LogP contribution in [0, 0.1) is 11.8 Å². The van der Waals surface area contributed by atoms with Crippen molar-refractivity contribution in [3.8, 4) is 0 Å². The predicted molar refractivity (Wildman–Crippen MR) is 114 cm³/mol. The summed E-state index contributed by atoms with van der Waals surface area (Å²) >= 11 is 6.06. The Hall–Kier alpha value is -2.28. The number of halogens is 1. The van der Waals surface area contributed by atoms with Crippen LogP contribution in [0.2, 0.25) is 5.02 Å². The molecule has 0 saturated carbocycles. The van der Waals surface area contributed by atoms with Crippen LogP contribution in [0.4, 0.5) is 4.79 Å². The number of carbonyl (C=O) groups is 3. The predicted octanol–water partition coefficient (Wildman–Crippen LogP) is 3.37. The first-order valence-electron chi connectivity index (χ1n) is 9.70. The Balaban J connectivity index is 2.55. The molecule has 1 rings (SSSR count). The SMILES string of the molecule is CC(CNC(=O)OC(C)(C)C)CNC(=O)C(NC(=O)c1ccccc1Cl)C(C)C. The second-order valence-electron chi connectivity index (χ2n) is 8.41. The van der Waals surface area contributed by atoms with Crippen LogP contribution in [-0.2, 0) is 9.53 Å². The monoisotopic (exact) mass is 425 g/mol. The number of carbonyl (C=O) groups excluding carboxylic acids is 3. The van der Waals surface area contributed by atoms with Gasteiger partial charge in [-0.2, -0.15) is 0 Å². The fourth-order valence-corrected chi connectivity index (χ4v) is 2.65. The van der Waals surface area contributed by atoms with Crippen molar-refractivity contribution in [3.05, 3.63) is 34.9 Å². The lowest BCUT2D eigenvalue weighted by Crippen LogP contribution is -2.51. The van der Waals surface area contributed by atoms with Crippen LogP contribution < -0.4 is 16.0 Å². The normalized spacial score (nSPS) is 13.4. The molecule has 0 heterocycles. The highest BCUT2D eigenvalue weighted by Gasteiger charge is 2.25. The molecule has 3 N–H and O–H groups in total. The number of rotatable bonds is 8. The van der Waals surface area contributed by atoms with Crippen molar-refractivity contribution < 1.29 is 19.1 Å². The zero-order valence-corrected chi connectivity index (χ0v) is 18.7. The number of alkyl carbamates (subject to hydrolysis) is 1. The number of hydrogen-bond donors (Lipinski definition) is 3. The summed E-state index contributed by atoms with van der Waals surface area (Å²) in [5.41, 5.74) is -0.242. The first kappa shape index (κ1) is 24.8. The highest BCUT2D eigenvalue weighted by atomic mass is 35.5. The van der Waals surface area contributed by atoms with E-state index in [1.54, 1.807) is 45.0 Å². The highest BCUT2D eigenvalue weighted by molar-refractivity contribution is 6.33. The van der Waals surface area contributed by atoms with E-state index in [2.05, 4.69) is 16.0 Å². The van der Waals surface area contributed by atoms with E-state index in [9.17, 15) is 14.4 Å². The number of ether oxygens (including phenoxy) is 1. The maximum atomic E-state index is 12.6. The Labute approximate surface area is 177 Å². The lowest BCUT2D eigenvalue weighted by atomic mass is 10.0. The van der Waals surface area contributed by atoms with Crippen molar-refractivity contribution in [2.45, 2.75) is 53.2 Å². The van der Waals surface area contributed by atoms with Crippen LogP contribution in [0.1, 0.15) is 51.9 Å². The van der Waals surface area contributed by atoms with Gasteiger partial charge in [0.2, 0.25) is 5.91 Å². The van der Waals surface area contributed by atoms with Crippen LogP contribution in [0.15, 0.2) is 24.3 Å². The van der Waals surface area contributed by atoms with Gasteiger partial charge >= 0.3 is 6.09 Å². The third kappa shape index (κ3) is 9.17. The van der Waals surface area contributed by atoms with Crippen LogP contribution in [0.3, 0.4) is 0 Å². The second-order valence-corrected chi connectivity index (χ2v) is 8.82. The fraction of sp³-hybridized carbons (Fsp3) is 0.571. The molecule has 2 atom stereocenters.